The van der Waals surface area contributed by atoms with Crippen molar-refractivity contribution in [1.82, 2.24) is 15.3 Å². The molecule has 148 valence electrons. The van der Waals surface area contributed by atoms with Gasteiger partial charge in [0.15, 0.2) is 0 Å². The molecular formula is C24H24ClN3O. The van der Waals surface area contributed by atoms with E-state index in [9.17, 15) is 0 Å². The number of benzene rings is 3. The predicted octanol–water partition coefficient (Wildman–Crippen LogP) is 5.52. The third-order valence-corrected chi connectivity index (χ3v) is 5.03. The molecule has 0 amide bonds. The largest absolute Gasteiger partial charge is 0.489 e. The third kappa shape index (κ3) is 5.59. The fourth-order valence-electron chi connectivity index (χ4n) is 3.19. The van der Waals surface area contributed by atoms with E-state index in [1.807, 2.05) is 54.6 Å². The number of para-hydroxylation sites is 2. The number of H-pyrrole nitrogens is 1. The van der Waals surface area contributed by atoms with Gasteiger partial charge in [-0.1, -0.05) is 48.0 Å². The minimum atomic E-state index is 0.538. The van der Waals surface area contributed by atoms with Crippen LogP contribution < -0.4 is 10.1 Å². The van der Waals surface area contributed by atoms with Gasteiger partial charge in [-0.05, 0) is 60.5 Å². The van der Waals surface area contributed by atoms with E-state index in [0.717, 1.165) is 59.1 Å². The molecule has 1 aromatic heterocycles. The molecule has 4 rings (SSSR count). The first-order valence-electron chi connectivity index (χ1n) is 9.87. The van der Waals surface area contributed by atoms with Crippen LogP contribution in [0.25, 0.3) is 11.0 Å². The van der Waals surface area contributed by atoms with Crippen molar-refractivity contribution in [1.29, 1.82) is 0 Å². The Labute approximate surface area is 175 Å². The molecule has 0 aliphatic heterocycles. The fraction of sp³-hybridized carbons (Fsp3) is 0.208. The standard InChI is InChI=1S/C24H24ClN3O/c25-20-11-7-19(8-12-20)17-29-21-13-9-18(10-14-21)16-26-15-3-6-24-27-22-4-1-2-5-23(22)28-24/h1-2,4-5,7-14,26H,3,6,15-17H2,(H,27,28). The van der Waals surface area contributed by atoms with Crippen LogP contribution in [0.5, 0.6) is 5.75 Å². The maximum absolute atomic E-state index is 5.90. The number of aromatic amines is 1. The summed E-state index contributed by atoms with van der Waals surface area (Å²) < 4.78 is 5.83. The monoisotopic (exact) mass is 405 g/mol. The van der Waals surface area contributed by atoms with Gasteiger partial charge < -0.3 is 15.0 Å². The zero-order valence-electron chi connectivity index (χ0n) is 16.2. The van der Waals surface area contributed by atoms with Crippen molar-refractivity contribution < 1.29 is 4.74 Å². The molecule has 0 radical (unpaired) electrons. The van der Waals surface area contributed by atoms with Gasteiger partial charge in [-0.2, -0.15) is 0 Å². The van der Waals surface area contributed by atoms with Gasteiger partial charge >= 0.3 is 0 Å². The van der Waals surface area contributed by atoms with E-state index in [4.69, 9.17) is 16.3 Å². The van der Waals surface area contributed by atoms with Crippen molar-refractivity contribution >= 4 is 22.6 Å². The molecule has 5 heteroatoms. The van der Waals surface area contributed by atoms with Gasteiger partial charge in [-0.3, -0.25) is 0 Å². The Bertz CT molecular complexity index is 1010. The molecule has 4 aromatic rings. The lowest BCUT2D eigenvalue weighted by atomic mass is 10.2. The Morgan fingerprint density at radius 3 is 2.45 bits per heavy atom. The van der Waals surface area contributed by atoms with Crippen LogP contribution in [-0.4, -0.2) is 16.5 Å². The molecule has 29 heavy (non-hydrogen) atoms. The smallest absolute Gasteiger partial charge is 0.119 e. The SMILES string of the molecule is Clc1ccc(COc2ccc(CNCCCc3nc4ccccc4[nH]3)cc2)cc1. The molecule has 0 bridgehead atoms. The Morgan fingerprint density at radius 2 is 1.66 bits per heavy atom. The highest BCUT2D eigenvalue weighted by atomic mass is 35.5. The molecule has 0 unspecified atom stereocenters. The van der Waals surface area contributed by atoms with Crippen LogP contribution >= 0.6 is 11.6 Å². The molecule has 0 fully saturated rings. The van der Waals surface area contributed by atoms with Crippen LogP contribution in [0.1, 0.15) is 23.4 Å². The number of aryl methyl sites for hydroxylation is 1. The minimum absolute atomic E-state index is 0.538. The van der Waals surface area contributed by atoms with E-state index in [1.165, 1.54) is 5.56 Å². The summed E-state index contributed by atoms with van der Waals surface area (Å²) >= 11 is 5.90. The summed E-state index contributed by atoms with van der Waals surface area (Å²) in [6.07, 6.45) is 1.99. The number of hydrogen-bond acceptors (Lipinski definition) is 3. The average Bonchev–Trinajstić information content (AvgIpc) is 3.17. The molecular weight excluding hydrogens is 382 g/mol. The first-order valence-corrected chi connectivity index (χ1v) is 10.2. The molecule has 0 saturated heterocycles. The maximum Gasteiger partial charge on any atom is 0.119 e. The molecule has 0 atom stereocenters. The first-order chi connectivity index (χ1) is 14.3. The second-order valence-electron chi connectivity index (χ2n) is 7.04. The Kier molecular flexibility index (Phi) is 6.45. The van der Waals surface area contributed by atoms with Gasteiger partial charge in [0.25, 0.3) is 0 Å². The molecule has 3 aromatic carbocycles. The predicted molar refractivity (Wildman–Crippen MR) is 118 cm³/mol. The molecule has 4 nitrogen and oxygen atoms in total. The quantitative estimate of drug-likeness (QED) is 0.360. The Balaban J connectivity index is 1.16. The summed E-state index contributed by atoms with van der Waals surface area (Å²) in [5.41, 5.74) is 4.49. The molecule has 0 saturated carbocycles. The van der Waals surface area contributed by atoms with Crippen LogP contribution in [0.4, 0.5) is 0 Å². The first kappa shape index (κ1) is 19.5. The number of rotatable bonds is 9. The third-order valence-electron chi connectivity index (χ3n) is 4.78. The fourth-order valence-corrected chi connectivity index (χ4v) is 3.31. The maximum atomic E-state index is 5.90. The summed E-state index contributed by atoms with van der Waals surface area (Å²) in [4.78, 5) is 8.00. The summed E-state index contributed by atoms with van der Waals surface area (Å²) in [6.45, 7) is 2.33. The summed E-state index contributed by atoms with van der Waals surface area (Å²) in [5, 5.41) is 4.23. The molecule has 1 heterocycles. The zero-order chi connectivity index (χ0) is 19.9. The highest BCUT2D eigenvalue weighted by Gasteiger charge is 2.02. The molecule has 2 N–H and O–H groups in total. The molecule has 0 aliphatic carbocycles. The van der Waals surface area contributed by atoms with Crippen molar-refractivity contribution in [2.24, 2.45) is 0 Å². The topological polar surface area (TPSA) is 49.9 Å². The highest BCUT2D eigenvalue weighted by molar-refractivity contribution is 6.30. The van der Waals surface area contributed by atoms with E-state index in [0.29, 0.717) is 6.61 Å². The number of imidazole rings is 1. The summed E-state index contributed by atoms with van der Waals surface area (Å²) in [6, 6.07) is 24.1. The lowest BCUT2D eigenvalue weighted by Gasteiger charge is -2.08. The van der Waals surface area contributed by atoms with Crippen molar-refractivity contribution in [3.8, 4) is 5.75 Å². The van der Waals surface area contributed by atoms with E-state index >= 15 is 0 Å². The van der Waals surface area contributed by atoms with Crippen LogP contribution in [-0.2, 0) is 19.6 Å². The van der Waals surface area contributed by atoms with E-state index in [2.05, 4.69) is 33.5 Å². The average molecular weight is 406 g/mol. The second-order valence-corrected chi connectivity index (χ2v) is 7.48. The molecule has 0 aliphatic rings. The van der Waals surface area contributed by atoms with Gasteiger partial charge in [0.05, 0.1) is 11.0 Å². The number of aromatic nitrogens is 2. The number of ether oxygens (including phenoxy) is 1. The van der Waals surface area contributed by atoms with Crippen LogP contribution in [0.3, 0.4) is 0 Å². The number of fused-ring (bicyclic) bond motifs is 1. The summed E-state index contributed by atoms with van der Waals surface area (Å²) in [7, 11) is 0. The van der Waals surface area contributed by atoms with Crippen molar-refractivity contribution in [2.45, 2.75) is 26.0 Å². The van der Waals surface area contributed by atoms with Crippen LogP contribution in [0.15, 0.2) is 72.8 Å². The van der Waals surface area contributed by atoms with Crippen molar-refractivity contribution in [2.75, 3.05) is 6.54 Å². The Morgan fingerprint density at radius 1 is 0.897 bits per heavy atom. The number of hydrogen-bond donors (Lipinski definition) is 2. The lowest BCUT2D eigenvalue weighted by molar-refractivity contribution is 0.306. The van der Waals surface area contributed by atoms with Gasteiger partial charge in [0, 0.05) is 18.0 Å². The second kappa shape index (κ2) is 9.59. The van der Waals surface area contributed by atoms with E-state index in [-0.39, 0.29) is 0 Å². The summed E-state index contributed by atoms with van der Waals surface area (Å²) in [5.74, 6) is 1.92. The van der Waals surface area contributed by atoms with E-state index in [1.54, 1.807) is 0 Å². The van der Waals surface area contributed by atoms with Crippen LogP contribution in [0.2, 0.25) is 5.02 Å². The van der Waals surface area contributed by atoms with Gasteiger partial charge in [-0.15, -0.1) is 0 Å². The van der Waals surface area contributed by atoms with Gasteiger partial charge in [-0.25, -0.2) is 4.98 Å². The van der Waals surface area contributed by atoms with Crippen molar-refractivity contribution in [3.63, 3.8) is 0 Å². The molecule has 0 spiro atoms. The van der Waals surface area contributed by atoms with Gasteiger partial charge in [0.1, 0.15) is 18.2 Å². The minimum Gasteiger partial charge on any atom is -0.489 e. The highest BCUT2D eigenvalue weighted by Crippen LogP contribution is 2.16. The number of nitrogens with one attached hydrogen (secondary N) is 2. The van der Waals surface area contributed by atoms with Gasteiger partial charge in [0.2, 0.25) is 0 Å². The van der Waals surface area contributed by atoms with Crippen LogP contribution in [0, 0.1) is 0 Å². The number of halogens is 1. The normalized spacial score (nSPS) is 11.1. The zero-order valence-corrected chi connectivity index (χ0v) is 17.0. The number of nitrogens with zero attached hydrogens (tertiary/aromatic N) is 1. The lowest BCUT2D eigenvalue weighted by Crippen LogP contribution is -2.15. The van der Waals surface area contributed by atoms with Crippen molar-refractivity contribution in [3.05, 3.63) is 94.8 Å². The van der Waals surface area contributed by atoms with E-state index < -0.39 is 0 Å². The Hall–Kier alpha value is -2.82.